The number of hydrogen-bond donors (Lipinski definition) is 1. The molecule has 27 heavy (non-hydrogen) atoms. The van der Waals surface area contributed by atoms with E-state index in [1.807, 2.05) is 6.07 Å². The zero-order valence-electron chi connectivity index (χ0n) is 15.2. The molecular formula is C18H20ClN3O4S. The molecule has 0 saturated carbocycles. The second-order valence-corrected chi connectivity index (χ2v) is 7.40. The number of ether oxygens (including phenoxy) is 2. The predicted octanol–water partition coefficient (Wildman–Crippen LogP) is 3.37. The highest BCUT2D eigenvalue weighted by Gasteiger charge is 2.24. The van der Waals surface area contributed by atoms with Gasteiger partial charge in [0.2, 0.25) is 0 Å². The molecule has 0 bridgehead atoms. The fraction of sp³-hybridized carbons (Fsp3) is 0.333. The van der Waals surface area contributed by atoms with Gasteiger partial charge in [-0.25, -0.2) is 4.79 Å². The van der Waals surface area contributed by atoms with Crippen molar-refractivity contribution in [2.24, 2.45) is 16.1 Å². The Morgan fingerprint density at radius 1 is 1.41 bits per heavy atom. The fourth-order valence-corrected chi connectivity index (χ4v) is 2.89. The molecule has 1 heterocycles. The van der Waals surface area contributed by atoms with Gasteiger partial charge in [0.05, 0.1) is 29.9 Å². The molecule has 0 radical (unpaired) electrons. The molecule has 0 spiro atoms. The summed E-state index contributed by atoms with van der Waals surface area (Å²) in [6.07, 6.45) is 3.56. The average molecular weight is 410 g/mol. The third kappa shape index (κ3) is 6.73. The Labute approximate surface area is 166 Å². The zero-order chi connectivity index (χ0) is 19.8. The number of halogens is 1. The third-order valence-electron chi connectivity index (χ3n) is 3.37. The number of carbonyl (C=O) groups is 2. The van der Waals surface area contributed by atoms with Crippen LogP contribution in [0.5, 0.6) is 5.75 Å². The van der Waals surface area contributed by atoms with Crippen molar-refractivity contribution in [2.45, 2.75) is 20.3 Å². The number of nitrogens with zero attached hydrogens (tertiary/aromatic N) is 2. The number of rotatable bonds is 7. The first-order valence-corrected chi connectivity index (χ1v) is 9.40. The van der Waals surface area contributed by atoms with Gasteiger partial charge >= 0.3 is 5.97 Å². The van der Waals surface area contributed by atoms with E-state index in [-0.39, 0.29) is 10.1 Å². The van der Waals surface area contributed by atoms with Crippen LogP contribution in [0.3, 0.4) is 0 Å². The van der Waals surface area contributed by atoms with E-state index in [1.165, 1.54) is 13.3 Å². The molecule has 1 amide bonds. The third-order valence-corrected chi connectivity index (χ3v) is 4.56. The van der Waals surface area contributed by atoms with Gasteiger partial charge in [0, 0.05) is 6.08 Å². The number of carbonyl (C=O) groups excluding carboxylic acids is 2. The number of benzene rings is 1. The Bertz CT molecular complexity index is 806. The number of methoxy groups -OCH3 is 1. The first-order valence-electron chi connectivity index (χ1n) is 8.21. The molecule has 1 aromatic rings. The van der Waals surface area contributed by atoms with Crippen LogP contribution >= 0.6 is 23.4 Å². The Hall–Kier alpha value is -2.32. The molecular weight excluding hydrogens is 390 g/mol. The SMILES string of the molecule is COC(=O)/C=C1/S/C(=N\N=Cc2ccc(OCCC(C)C)c(Cl)c2)NC1=O. The van der Waals surface area contributed by atoms with Gasteiger partial charge in [-0.3, -0.25) is 10.1 Å². The molecule has 0 atom stereocenters. The van der Waals surface area contributed by atoms with E-state index < -0.39 is 11.9 Å². The van der Waals surface area contributed by atoms with Crippen LogP contribution in [0, 0.1) is 5.92 Å². The Morgan fingerprint density at radius 3 is 2.85 bits per heavy atom. The first kappa shape index (κ1) is 21.0. The highest BCUT2D eigenvalue weighted by Crippen LogP contribution is 2.26. The van der Waals surface area contributed by atoms with Gasteiger partial charge in [0.25, 0.3) is 5.91 Å². The van der Waals surface area contributed by atoms with Crippen LogP contribution in [0.1, 0.15) is 25.8 Å². The molecule has 1 saturated heterocycles. The van der Waals surface area contributed by atoms with Gasteiger partial charge in [-0.1, -0.05) is 25.4 Å². The summed E-state index contributed by atoms with van der Waals surface area (Å²) < 4.78 is 10.1. The molecule has 0 aromatic heterocycles. The van der Waals surface area contributed by atoms with Crippen molar-refractivity contribution >= 4 is 46.6 Å². The lowest BCUT2D eigenvalue weighted by Gasteiger charge is -2.09. The molecule has 7 nitrogen and oxygen atoms in total. The van der Waals surface area contributed by atoms with Crippen molar-refractivity contribution < 1.29 is 19.1 Å². The largest absolute Gasteiger partial charge is 0.492 e. The van der Waals surface area contributed by atoms with Crippen LogP contribution < -0.4 is 10.1 Å². The van der Waals surface area contributed by atoms with Crippen molar-refractivity contribution in [3.8, 4) is 5.75 Å². The van der Waals surface area contributed by atoms with Gasteiger partial charge in [0.15, 0.2) is 5.17 Å². The number of amidine groups is 1. The lowest BCUT2D eigenvalue weighted by molar-refractivity contribution is -0.135. The standard InChI is InChI=1S/C18H20ClN3O4S/c1-11(2)6-7-26-14-5-4-12(8-13(14)19)10-20-22-18-21-17(24)15(27-18)9-16(23)25-3/h4-5,8-11H,6-7H2,1-3H3,(H,21,22,24)/b15-9+,20-10?. The summed E-state index contributed by atoms with van der Waals surface area (Å²) in [6.45, 7) is 4.87. The number of nitrogens with one attached hydrogen (secondary N) is 1. The maximum atomic E-state index is 11.7. The highest BCUT2D eigenvalue weighted by molar-refractivity contribution is 8.18. The van der Waals surface area contributed by atoms with Crippen LogP contribution in [0.25, 0.3) is 0 Å². The summed E-state index contributed by atoms with van der Waals surface area (Å²) in [5.74, 6) is 0.149. The summed E-state index contributed by atoms with van der Waals surface area (Å²) in [5, 5.41) is 11.1. The van der Waals surface area contributed by atoms with Crippen LogP contribution in [-0.2, 0) is 14.3 Å². The smallest absolute Gasteiger partial charge is 0.331 e. The van der Waals surface area contributed by atoms with Crippen molar-refractivity contribution in [1.82, 2.24) is 5.32 Å². The van der Waals surface area contributed by atoms with Gasteiger partial charge in [-0.05, 0) is 47.9 Å². The summed E-state index contributed by atoms with van der Waals surface area (Å²) >= 11 is 7.22. The predicted molar refractivity (Wildman–Crippen MR) is 107 cm³/mol. The lowest BCUT2D eigenvalue weighted by Crippen LogP contribution is -2.19. The minimum atomic E-state index is -0.609. The lowest BCUT2D eigenvalue weighted by atomic mass is 10.1. The van der Waals surface area contributed by atoms with Gasteiger partial charge in [-0.15, -0.1) is 5.10 Å². The maximum absolute atomic E-state index is 11.7. The molecule has 2 rings (SSSR count). The summed E-state index contributed by atoms with van der Waals surface area (Å²) in [4.78, 5) is 23.1. The van der Waals surface area contributed by atoms with Gasteiger partial charge < -0.3 is 9.47 Å². The molecule has 1 aliphatic rings. The van der Waals surface area contributed by atoms with E-state index in [4.69, 9.17) is 16.3 Å². The molecule has 1 fully saturated rings. The van der Waals surface area contributed by atoms with E-state index >= 15 is 0 Å². The molecule has 1 aliphatic heterocycles. The van der Waals surface area contributed by atoms with Gasteiger partial charge in [0.1, 0.15) is 5.75 Å². The second kappa shape index (κ2) is 10.1. The van der Waals surface area contributed by atoms with Crippen LogP contribution in [0.15, 0.2) is 39.4 Å². The minimum absolute atomic E-state index is 0.196. The molecule has 9 heteroatoms. The van der Waals surface area contributed by atoms with Crippen molar-refractivity contribution in [3.05, 3.63) is 39.8 Å². The Kier molecular flexibility index (Phi) is 7.87. The van der Waals surface area contributed by atoms with E-state index in [0.29, 0.717) is 23.3 Å². The Balaban J connectivity index is 1.97. The second-order valence-electron chi connectivity index (χ2n) is 5.96. The fourth-order valence-electron chi connectivity index (χ4n) is 1.91. The van der Waals surface area contributed by atoms with E-state index in [1.54, 1.807) is 12.1 Å². The first-order chi connectivity index (χ1) is 12.9. The van der Waals surface area contributed by atoms with Crippen molar-refractivity contribution in [1.29, 1.82) is 0 Å². The highest BCUT2D eigenvalue weighted by atomic mass is 35.5. The van der Waals surface area contributed by atoms with E-state index in [2.05, 4.69) is 34.1 Å². The van der Waals surface area contributed by atoms with E-state index in [9.17, 15) is 9.59 Å². The molecule has 144 valence electrons. The van der Waals surface area contributed by atoms with Crippen LogP contribution in [-0.4, -0.2) is 37.0 Å². The topological polar surface area (TPSA) is 89.3 Å². The normalized spacial score (nSPS) is 17.1. The zero-order valence-corrected chi connectivity index (χ0v) is 16.8. The molecule has 1 aromatic carbocycles. The summed E-state index contributed by atoms with van der Waals surface area (Å²) in [7, 11) is 1.24. The van der Waals surface area contributed by atoms with E-state index in [0.717, 1.165) is 29.8 Å². The number of esters is 1. The number of hydrogen-bond acceptors (Lipinski definition) is 7. The average Bonchev–Trinajstić information content (AvgIpc) is 2.95. The molecule has 0 unspecified atom stereocenters. The minimum Gasteiger partial charge on any atom is -0.492 e. The van der Waals surface area contributed by atoms with Crippen molar-refractivity contribution in [2.75, 3.05) is 13.7 Å². The summed E-state index contributed by atoms with van der Waals surface area (Å²) in [5.41, 5.74) is 0.736. The van der Waals surface area contributed by atoms with Crippen LogP contribution in [0.2, 0.25) is 5.02 Å². The Morgan fingerprint density at radius 2 is 2.19 bits per heavy atom. The number of amides is 1. The maximum Gasteiger partial charge on any atom is 0.331 e. The number of thioether (sulfide) groups is 1. The van der Waals surface area contributed by atoms with Crippen molar-refractivity contribution in [3.63, 3.8) is 0 Å². The molecule has 1 N–H and O–H groups in total. The van der Waals surface area contributed by atoms with Gasteiger partial charge in [-0.2, -0.15) is 5.10 Å². The summed E-state index contributed by atoms with van der Waals surface area (Å²) in [6, 6.07) is 5.31. The van der Waals surface area contributed by atoms with Crippen LogP contribution in [0.4, 0.5) is 0 Å². The monoisotopic (exact) mass is 409 g/mol. The molecule has 0 aliphatic carbocycles. The quantitative estimate of drug-likeness (QED) is 0.323.